The first kappa shape index (κ1) is 41.8. The summed E-state index contributed by atoms with van der Waals surface area (Å²) >= 11 is 0. The molecule has 5 aliphatic rings. The monoisotopic (exact) mass is 827 g/mol. The molecule has 0 amide bonds. The number of morpholine rings is 1. The Bertz CT molecular complexity index is 2410. The molecule has 0 bridgehead atoms. The molecule has 7 heterocycles. The number of pyridine rings is 2. The van der Waals surface area contributed by atoms with Gasteiger partial charge in [-0.15, -0.1) is 10.2 Å². The number of nitrogens with one attached hydrogen (secondary N) is 3. The smallest absolute Gasteiger partial charge is 0.206 e. The first-order valence-electron chi connectivity index (χ1n) is 21.9. The molecule has 9 rings (SSSR count). The maximum absolute atomic E-state index is 12.6. The molecule has 0 radical (unpaired) electrons. The van der Waals surface area contributed by atoms with Gasteiger partial charge in [-0.05, 0) is 119 Å². The van der Waals surface area contributed by atoms with Crippen molar-refractivity contribution in [3.05, 3.63) is 95.7 Å². The van der Waals surface area contributed by atoms with Gasteiger partial charge in [0, 0.05) is 63.9 Å². The lowest BCUT2D eigenvalue weighted by atomic mass is 9.94. The summed E-state index contributed by atoms with van der Waals surface area (Å²) in [6.07, 6.45) is 19.6. The SMILES string of the molecule is CC1=CC(=Nc2c(NCCN3CCCCC3)nn3ccccc23)C(CCCO)=CC1=O.O=C1C=C2NCCOC2=CC1=Nc1c(NCCN2CCCCC2)nn2ccccc12. The Morgan fingerprint density at radius 3 is 1.92 bits per heavy atom. The van der Waals surface area contributed by atoms with E-state index in [1.54, 1.807) is 22.7 Å². The van der Waals surface area contributed by atoms with Gasteiger partial charge in [0.1, 0.15) is 29.5 Å². The van der Waals surface area contributed by atoms with E-state index < -0.39 is 0 Å². The number of rotatable bonds is 13. The highest BCUT2D eigenvalue weighted by Gasteiger charge is 2.24. The Balaban J connectivity index is 0.000000168. The molecule has 3 aliphatic heterocycles. The van der Waals surface area contributed by atoms with Crippen molar-refractivity contribution in [2.45, 2.75) is 58.3 Å². The van der Waals surface area contributed by atoms with E-state index in [4.69, 9.17) is 19.8 Å². The van der Waals surface area contributed by atoms with Crippen molar-refractivity contribution >= 4 is 57.0 Å². The second-order valence-corrected chi connectivity index (χ2v) is 16.0. The molecule has 15 heteroatoms. The fourth-order valence-electron chi connectivity index (χ4n) is 8.23. The van der Waals surface area contributed by atoms with Gasteiger partial charge >= 0.3 is 0 Å². The molecule has 15 nitrogen and oxygen atoms in total. The zero-order valence-corrected chi connectivity index (χ0v) is 35.1. The molecule has 3 fully saturated rings. The second kappa shape index (κ2) is 20.1. The number of hydrogen-bond acceptors (Lipinski definition) is 13. The van der Waals surface area contributed by atoms with Gasteiger partial charge in [0.25, 0.3) is 0 Å². The quantitative estimate of drug-likeness (QED) is 0.0951. The van der Waals surface area contributed by atoms with Gasteiger partial charge in [-0.3, -0.25) is 9.59 Å². The predicted molar refractivity (Wildman–Crippen MR) is 240 cm³/mol. The van der Waals surface area contributed by atoms with Gasteiger partial charge in [-0.25, -0.2) is 19.0 Å². The number of carbonyl (C=O) groups is 2. The van der Waals surface area contributed by atoms with Crippen LogP contribution in [0.2, 0.25) is 0 Å². The summed E-state index contributed by atoms with van der Waals surface area (Å²) in [5.74, 6) is 1.97. The minimum absolute atomic E-state index is 0.00614. The average Bonchev–Trinajstić information content (AvgIpc) is 3.82. The highest BCUT2D eigenvalue weighted by molar-refractivity contribution is 6.49. The van der Waals surface area contributed by atoms with Crippen molar-refractivity contribution in [3.8, 4) is 0 Å². The molecular weight excluding hydrogens is 771 g/mol. The normalized spacial score (nSPS) is 20.0. The van der Waals surface area contributed by atoms with Crippen LogP contribution in [0.1, 0.15) is 58.3 Å². The van der Waals surface area contributed by atoms with E-state index in [9.17, 15) is 14.7 Å². The molecule has 4 aromatic heterocycles. The Morgan fingerprint density at radius 2 is 1.33 bits per heavy atom. The van der Waals surface area contributed by atoms with E-state index in [0.717, 1.165) is 78.8 Å². The lowest BCUT2D eigenvalue weighted by molar-refractivity contribution is -0.111. The second-order valence-electron chi connectivity index (χ2n) is 16.0. The number of anilines is 2. The van der Waals surface area contributed by atoms with Gasteiger partial charge in [-0.1, -0.05) is 25.0 Å². The van der Waals surface area contributed by atoms with E-state index in [-0.39, 0.29) is 18.2 Å². The summed E-state index contributed by atoms with van der Waals surface area (Å²) in [6.45, 7) is 11.4. The number of likely N-dealkylation sites (tertiary alicyclic amines) is 2. The third-order valence-electron chi connectivity index (χ3n) is 11.5. The van der Waals surface area contributed by atoms with Gasteiger partial charge < -0.3 is 35.6 Å². The standard InChI is InChI=1S/C24H31N5O2.C22H26N6O2/c1-18-16-20(19(8-7-15-30)17-22(18)31)26-23-21-9-3-6-13-29(21)27-24(23)25-10-14-28-11-4-2-5-12-28;29-19-14-17-20(30-13-8-23-17)15-16(19)25-21-18-6-2-5-11-28(18)26-22(21)24-7-12-27-9-3-1-4-10-27/h3,6,9,13,16-17,30H,2,4-5,7-8,10-12,14-15H2,1H3,(H,25,27);2,5-6,11,14-15,23H,1,3-4,7-10,12-13H2,(H,24,26). The van der Waals surface area contributed by atoms with Crippen molar-refractivity contribution in [2.24, 2.45) is 9.98 Å². The lowest BCUT2D eigenvalue weighted by Crippen LogP contribution is -2.33. The topological polar surface area (TPSA) is 165 Å². The van der Waals surface area contributed by atoms with E-state index in [0.29, 0.717) is 54.5 Å². The molecule has 2 aliphatic carbocycles. The third kappa shape index (κ3) is 10.4. The summed E-state index contributed by atoms with van der Waals surface area (Å²) in [4.78, 5) is 39.5. The number of aliphatic imine (C=N–C) groups is 2. The van der Waals surface area contributed by atoms with E-state index in [1.165, 1.54) is 51.6 Å². The van der Waals surface area contributed by atoms with Crippen LogP contribution in [0, 0.1) is 0 Å². The fourth-order valence-corrected chi connectivity index (χ4v) is 8.23. The van der Waals surface area contributed by atoms with Crippen LogP contribution in [-0.4, -0.2) is 129 Å². The van der Waals surface area contributed by atoms with Gasteiger partial charge in [0.2, 0.25) is 5.78 Å². The molecule has 320 valence electrons. The van der Waals surface area contributed by atoms with Gasteiger partial charge in [0.05, 0.1) is 22.4 Å². The lowest BCUT2D eigenvalue weighted by Gasteiger charge is -2.26. The van der Waals surface area contributed by atoms with Crippen molar-refractivity contribution in [1.29, 1.82) is 0 Å². The molecule has 0 saturated carbocycles. The first-order chi connectivity index (χ1) is 29.9. The summed E-state index contributed by atoms with van der Waals surface area (Å²) in [5, 5.41) is 28.7. The molecule has 0 atom stereocenters. The molecule has 4 N–H and O–H groups in total. The zero-order chi connectivity index (χ0) is 42.0. The van der Waals surface area contributed by atoms with Gasteiger partial charge in [0.15, 0.2) is 17.4 Å². The molecule has 4 aromatic rings. The molecule has 3 saturated heterocycles. The number of aliphatic hydroxyl groups excluding tert-OH is 1. The number of aromatic nitrogens is 4. The largest absolute Gasteiger partial charge is 0.490 e. The number of piperidine rings is 2. The number of fused-ring (bicyclic) bond motifs is 3. The molecule has 0 unspecified atom stereocenters. The number of ketones is 2. The van der Waals surface area contributed by atoms with Crippen molar-refractivity contribution < 1.29 is 19.4 Å². The minimum Gasteiger partial charge on any atom is -0.490 e. The Labute approximate surface area is 356 Å². The van der Waals surface area contributed by atoms with Crippen LogP contribution in [-0.2, 0) is 14.3 Å². The predicted octanol–water partition coefficient (Wildman–Crippen LogP) is 5.81. The summed E-state index contributed by atoms with van der Waals surface area (Å²) in [7, 11) is 0. The zero-order valence-electron chi connectivity index (χ0n) is 35.1. The highest BCUT2D eigenvalue weighted by atomic mass is 16.5. The maximum Gasteiger partial charge on any atom is 0.206 e. The fraction of sp³-hybridized carbons (Fsp3) is 0.435. The highest BCUT2D eigenvalue weighted by Crippen LogP contribution is 2.33. The van der Waals surface area contributed by atoms with E-state index in [1.807, 2.05) is 66.3 Å². The van der Waals surface area contributed by atoms with Crippen molar-refractivity contribution in [1.82, 2.24) is 34.3 Å². The molecule has 0 aromatic carbocycles. The van der Waals surface area contributed by atoms with Crippen LogP contribution in [0.25, 0.3) is 11.0 Å². The van der Waals surface area contributed by atoms with Crippen molar-refractivity contribution in [3.63, 3.8) is 0 Å². The van der Waals surface area contributed by atoms with Crippen LogP contribution in [0.15, 0.2) is 106 Å². The number of allylic oxidation sites excluding steroid dienone is 6. The van der Waals surface area contributed by atoms with Crippen molar-refractivity contribution in [2.75, 3.05) is 82.8 Å². The number of hydrogen-bond donors (Lipinski definition) is 4. The Kier molecular flexibility index (Phi) is 13.8. The summed E-state index contributed by atoms with van der Waals surface area (Å²) in [6, 6.07) is 11.8. The first-order valence-corrected chi connectivity index (χ1v) is 21.9. The van der Waals surface area contributed by atoms with E-state index >= 15 is 0 Å². The third-order valence-corrected chi connectivity index (χ3v) is 11.5. The molecule has 0 spiro atoms. The number of nitrogens with zero attached hydrogens (tertiary/aromatic N) is 8. The van der Waals surface area contributed by atoms with E-state index in [2.05, 4.69) is 30.8 Å². The van der Waals surface area contributed by atoms with Crippen LogP contribution < -0.4 is 16.0 Å². The summed E-state index contributed by atoms with van der Waals surface area (Å²) < 4.78 is 9.32. The maximum atomic E-state index is 12.6. The number of aliphatic hydroxyl groups is 1. The van der Waals surface area contributed by atoms with Crippen LogP contribution in [0.5, 0.6) is 0 Å². The minimum atomic E-state index is -0.138. The van der Waals surface area contributed by atoms with Crippen LogP contribution in [0.4, 0.5) is 23.0 Å². The molecule has 61 heavy (non-hydrogen) atoms. The number of ether oxygens (including phenoxy) is 1. The average molecular weight is 828 g/mol. The Hall–Kier alpha value is -5.90. The summed E-state index contributed by atoms with van der Waals surface area (Å²) in [5.41, 5.74) is 6.61. The van der Waals surface area contributed by atoms with Gasteiger partial charge in [-0.2, -0.15) is 0 Å². The van der Waals surface area contributed by atoms with Crippen LogP contribution >= 0.6 is 0 Å². The van der Waals surface area contributed by atoms with Crippen LogP contribution in [0.3, 0.4) is 0 Å². The molecular formula is C46H57N11O4. The number of carbonyl (C=O) groups excluding carboxylic acids is 2. The Morgan fingerprint density at radius 1 is 0.738 bits per heavy atom.